The number of anilines is 1. The van der Waals surface area contributed by atoms with Crippen LogP contribution in [0.2, 0.25) is 0 Å². The van der Waals surface area contributed by atoms with Gasteiger partial charge in [-0.15, -0.1) is 0 Å². The van der Waals surface area contributed by atoms with Gasteiger partial charge in [-0.1, -0.05) is 25.1 Å². The van der Waals surface area contributed by atoms with E-state index in [1.807, 2.05) is 31.3 Å². The lowest BCUT2D eigenvalue weighted by Crippen LogP contribution is -2.31. The number of rotatable bonds is 8. The van der Waals surface area contributed by atoms with Crippen molar-refractivity contribution in [3.05, 3.63) is 65.9 Å². The average molecular weight is 400 g/mol. The van der Waals surface area contributed by atoms with E-state index in [2.05, 4.69) is 15.8 Å². The van der Waals surface area contributed by atoms with Crippen molar-refractivity contribution in [3.8, 4) is 0 Å². The Balaban J connectivity index is 1.84. The Bertz CT molecular complexity index is 1070. The molecule has 0 bridgehead atoms. The van der Waals surface area contributed by atoms with Gasteiger partial charge in [0.2, 0.25) is 10.0 Å². The Morgan fingerprint density at radius 3 is 2.64 bits per heavy atom. The van der Waals surface area contributed by atoms with E-state index in [1.54, 1.807) is 36.1 Å². The number of hydrogen-bond donors (Lipinski definition) is 2. The zero-order valence-corrected chi connectivity index (χ0v) is 16.9. The summed E-state index contributed by atoms with van der Waals surface area (Å²) in [5.41, 5.74) is 2.74. The summed E-state index contributed by atoms with van der Waals surface area (Å²) in [5, 5.41) is 1.09. The molecule has 2 aromatic carbocycles. The van der Waals surface area contributed by atoms with E-state index in [9.17, 15) is 13.2 Å². The van der Waals surface area contributed by atoms with Crippen LogP contribution in [0.3, 0.4) is 0 Å². The van der Waals surface area contributed by atoms with E-state index < -0.39 is 10.0 Å². The number of carbonyl (C=O) groups is 1. The summed E-state index contributed by atoms with van der Waals surface area (Å²) in [6.45, 7) is 4.68. The monoisotopic (exact) mass is 399 g/mol. The highest BCUT2D eigenvalue weighted by Crippen LogP contribution is 2.21. The summed E-state index contributed by atoms with van der Waals surface area (Å²) < 4.78 is 26.9. The van der Waals surface area contributed by atoms with Gasteiger partial charge in [0.1, 0.15) is 0 Å². The standard InChI is InChI=1S/C21H25N3O3S/c1-3-13-28(26,27)23-20-8-6-5-7-18(20)21(25)24(4-2)15-16-9-10-19-17(14-16)11-12-22-19/h5-12,14,22-23H,3-4,13,15H2,1-2H3. The summed E-state index contributed by atoms with van der Waals surface area (Å²) in [6, 6.07) is 14.8. The smallest absolute Gasteiger partial charge is 0.256 e. The molecule has 1 heterocycles. The molecule has 6 nitrogen and oxygen atoms in total. The minimum Gasteiger partial charge on any atom is -0.361 e. The van der Waals surface area contributed by atoms with Crippen LogP contribution in [0.4, 0.5) is 5.69 Å². The van der Waals surface area contributed by atoms with Gasteiger partial charge >= 0.3 is 0 Å². The van der Waals surface area contributed by atoms with Crippen molar-refractivity contribution < 1.29 is 13.2 Å². The number of para-hydroxylation sites is 1. The van der Waals surface area contributed by atoms with Crippen LogP contribution in [0.1, 0.15) is 36.2 Å². The number of H-pyrrole nitrogens is 1. The first-order valence-electron chi connectivity index (χ1n) is 9.38. The zero-order chi connectivity index (χ0) is 20.1. The zero-order valence-electron chi connectivity index (χ0n) is 16.1. The predicted molar refractivity (Wildman–Crippen MR) is 113 cm³/mol. The maximum Gasteiger partial charge on any atom is 0.256 e. The fraction of sp³-hybridized carbons (Fsp3) is 0.286. The van der Waals surface area contributed by atoms with Crippen LogP contribution in [0, 0.1) is 0 Å². The predicted octanol–water partition coefficient (Wildman–Crippen LogP) is 3.98. The van der Waals surface area contributed by atoms with Crippen LogP contribution in [0.5, 0.6) is 0 Å². The summed E-state index contributed by atoms with van der Waals surface area (Å²) in [6.07, 6.45) is 2.39. The number of nitrogens with one attached hydrogen (secondary N) is 2. The van der Waals surface area contributed by atoms with Crippen molar-refractivity contribution >= 4 is 32.5 Å². The molecule has 0 spiro atoms. The van der Waals surface area contributed by atoms with E-state index in [4.69, 9.17) is 0 Å². The van der Waals surface area contributed by atoms with Gasteiger partial charge in [0.15, 0.2) is 0 Å². The van der Waals surface area contributed by atoms with Gasteiger partial charge in [-0.25, -0.2) is 8.42 Å². The Labute approximate surface area is 165 Å². The quantitative estimate of drug-likeness (QED) is 0.601. The van der Waals surface area contributed by atoms with E-state index >= 15 is 0 Å². The summed E-state index contributed by atoms with van der Waals surface area (Å²) in [7, 11) is -3.47. The third-order valence-electron chi connectivity index (χ3n) is 4.56. The summed E-state index contributed by atoms with van der Waals surface area (Å²) in [4.78, 5) is 18.0. The average Bonchev–Trinajstić information content (AvgIpc) is 3.13. The third kappa shape index (κ3) is 4.54. The molecule has 7 heteroatoms. The minimum absolute atomic E-state index is 0.0176. The number of aromatic amines is 1. The van der Waals surface area contributed by atoms with Crippen molar-refractivity contribution in [3.63, 3.8) is 0 Å². The second-order valence-corrected chi connectivity index (χ2v) is 8.53. The van der Waals surface area contributed by atoms with E-state index in [0.29, 0.717) is 30.8 Å². The van der Waals surface area contributed by atoms with Crippen LogP contribution in [0.25, 0.3) is 10.9 Å². The number of fused-ring (bicyclic) bond motifs is 1. The largest absolute Gasteiger partial charge is 0.361 e. The second kappa shape index (κ2) is 8.48. The van der Waals surface area contributed by atoms with Crippen LogP contribution >= 0.6 is 0 Å². The second-order valence-electron chi connectivity index (χ2n) is 6.69. The summed E-state index contributed by atoms with van der Waals surface area (Å²) >= 11 is 0. The molecule has 0 saturated carbocycles. The number of nitrogens with zero attached hydrogens (tertiary/aromatic N) is 1. The maximum atomic E-state index is 13.1. The van der Waals surface area contributed by atoms with Gasteiger partial charge in [-0.05, 0) is 54.6 Å². The lowest BCUT2D eigenvalue weighted by atomic mass is 10.1. The molecule has 0 saturated heterocycles. The molecule has 148 valence electrons. The Morgan fingerprint density at radius 1 is 1.11 bits per heavy atom. The number of sulfonamides is 1. The van der Waals surface area contributed by atoms with E-state index in [0.717, 1.165) is 16.5 Å². The van der Waals surface area contributed by atoms with Gasteiger partial charge in [0.05, 0.1) is 17.0 Å². The van der Waals surface area contributed by atoms with Gasteiger partial charge in [-0.3, -0.25) is 9.52 Å². The molecular formula is C21H25N3O3S. The number of carbonyl (C=O) groups excluding carboxylic acids is 1. The molecule has 0 fully saturated rings. The summed E-state index contributed by atoms with van der Waals surface area (Å²) in [5.74, 6) is -0.185. The van der Waals surface area contributed by atoms with Crippen LogP contribution in [-0.4, -0.2) is 36.5 Å². The highest BCUT2D eigenvalue weighted by Gasteiger charge is 2.20. The molecule has 0 aliphatic carbocycles. The van der Waals surface area contributed by atoms with Gasteiger partial charge < -0.3 is 9.88 Å². The van der Waals surface area contributed by atoms with E-state index in [1.165, 1.54) is 0 Å². The molecule has 0 radical (unpaired) electrons. The van der Waals surface area contributed by atoms with Gasteiger partial charge in [0, 0.05) is 24.8 Å². The number of hydrogen-bond acceptors (Lipinski definition) is 3. The first kappa shape index (κ1) is 19.9. The topological polar surface area (TPSA) is 82.3 Å². The molecule has 0 unspecified atom stereocenters. The van der Waals surface area contributed by atoms with Crippen LogP contribution in [-0.2, 0) is 16.6 Å². The minimum atomic E-state index is -3.47. The lowest BCUT2D eigenvalue weighted by molar-refractivity contribution is 0.0753. The van der Waals surface area contributed by atoms with Crippen molar-refractivity contribution in [2.45, 2.75) is 26.8 Å². The highest BCUT2D eigenvalue weighted by molar-refractivity contribution is 7.92. The normalized spacial score (nSPS) is 11.5. The molecule has 0 atom stereocenters. The molecule has 1 amide bonds. The number of amides is 1. The molecule has 1 aromatic heterocycles. The molecule has 2 N–H and O–H groups in total. The fourth-order valence-electron chi connectivity index (χ4n) is 3.16. The van der Waals surface area contributed by atoms with Crippen molar-refractivity contribution in [1.82, 2.24) is 9.88 Å². The first-order valence-corrected chi connectivity index (χ1v) is 11.0. The Morgan fingerprint density at radius 2 is 1.89 bits per heavy atom. The SMILES string of the molecule is CCCS(=O)(=O)Nc1ccccc1C(=O)N(CC)Cc1ccc2[nH]ccc2c1. The molecule has 0 aliphatic rings. The van der Waals surface area contributed by atoms with Crippen LogP contribution < -0.4 is 4.72 Å². The lowest BCUT2D eigenvalue weighted by Gasteiger charge is -2.23. The molecule has 0 aliphatic heterocycles. The third-order valence-corrected chi connectivity index (χ3v) is 6.03. The van der Waals surface area contributed by atoms with Crippen LogP contribution in [0.15, 0.2) is 54.7 Å². The Kier molecular flexibility index (Phi) is 6.04. The van der Waals surface area contributed by atoms with Gasteiger partial charge in [0.25, 0.3) is 5.91 Å². The Hall–Kier alpha value is -2.80. The molecule has 3 rings (SSSR count). The maximum absolute atomic E-state index is 13.1. The van der Waals surface area contributed by atoms with Gasteiger partial charge in [-0.2, -0.15) is 0 Å². The van der Waals surface area contributed by atoms with Crippen molar-refractivity contribution in [1.29, 1.82) is 0 Å². The molecule has 3 aromatic rings. The molecular weight excluding hydrogens is 374 g/mol. The van der Waals surface area contributed by atoms with Crippen molar-refractivity contribution in [2.24, 2.45) is 0 Å². The highest BCUT2D eigenvalue weighted by atomic mass is 32.2. The molecule has 28 heavy (non-hydrogen) atoms. The number of benzene rings is 2. The number of aromatic nitrogens is 1. The fourth-order valence-corrected chi connectivity index (χ4v) is 4.32. The van der Waals surface area contributed by atoms with E-state index in [-0.39, 0.29) is 11.7 Å². The van der Waals surface area contributed by atoms with Crippen molar-refractivity contribution in [2.75, 3.05) is 17.0 Å². The first-order chi connectivity index (χ1) is 13.4.